The van der Waals surface area contributed by atoms with Gasteiger partial charge in [-0.15, -0.1) is 0 Å². The number of piperazine rings is 1. The van der Waals surface area contributed by atoms with Crippen LogP contribution in [0.4, 0.5) is 13.2 Å². The van der Waals surface area contributed by atoms with Crippen LogP contribution in [-0.4, -0.2) is 96.4 Å². The van der Waals surface area contributed by atoms with E-state index >= 15 is 0 Å². The fourth-order valence-electron chi connectivity index (χ4n) is 5.65. The molecule has 5 heterocycles. The Labute approximate surface area is 249 Å². The van der Waals surface area contributed by atoms with Gasteiger partial charge in [0, 0.05) is 64.0 Å². The Bertz CT molecular complexity index is 1710. The summed E-state index contributed by atoms with van der Waals surface area (Å²) in [6.45, 7) is 3.84. The first-order chi connectivity index (χ1) is 21.0. The molecule has 2 saturated heterocycles. The Morgan fingerprint density at radius 3 is 2.57 bits per heavy atom. The molecule has 232 valence electrons. The van der Waals surface area contributed by atoms with Gasteiger partial charge in [-0.1, -0.05) is 0 Å². The maximum Gasteiger partial charge on any atom is 0.435 e. The summed E-state index contributed by atoms with van der Waals surface area (Å²) in [5.41, 5.74) is 0.353. The molecule has 2 aliphatic heterocycles. The van der Waals surface area contributed by atoms with E-state index in [2.05, 4.69) is 15.1 Å². The minimum absolute atomic E-state index is 0.0742. The molecule has 2 amide bonds. The lowest BCUT2D eigenvalue weighted by Crippen LogP contribution is -2.54. The van der Waals surface area contributed by atoms with Crippen LogP contribution in [0.15, 0.2) is 43.0 Å². The number of aliphatic hydroxyl groups is 1. The van der Waals surface area contributed by atoms with Crippen molar-refractivity contribution in [2.45, 2.75) is 25.6 Å². The Morgan fingerprint density at radius 2 is 1.86 bits per heavy atom. The Hall–Kier alpha value is -4.50. The number of imidazole rings is 1. The Balaban J connectivity index is 1.15. The van der Waals surface area contributed by atoms with E-state index in [-0.39, 0.29) is 41.2 Å². The normalized spacial score (nSPS) is 19.4. The van der Waals surface area contributed by atoms with Gasteiger partial charge in [0.05, 0.1) is 36.1 Å². The third-order valence-corrected chi connectivity index (χ3v) is 7.93. The number of carbonyl (C=O) groups is 2. The van der Waals surface area contributed by atoms with Crippen LogP contribution in [0.25, 0.3) is 16.9 Å². The van der Waals surface area contributed by atoms with Crippen molar-refractivity contribution >= 4 is 17.5 Å². The summed E-state index contributed by atoms with van der Waals surface area (Å²) in [4.78, 5) is 38.1. The molecular formula is C29H30F3N7O5. The van der Waals surface area contributed by atoms with Crippen LogP contribution in [0.5, 0.6) is 11.6 Å². The number of aliphatic hydroxyl groups excluding tert-OH is 1. The number of carbonyl (C=O) groups excluding carboxylic acids is 2. The van der Waals surface area contributed by atoms with Crippen molar-refractivity contribution in [3.63, 3.8) is 0 Å². The number of fused-ring (bicyclic) bond motifs is 1. The third kappa shape index (κ3) is 5.59. The number of hydrogen-bond acceptors (Lipinski definition) is 8. The van der Waals surface area contributed by atoms with Crippen molar-refractivity contribution < 1.29 is 37.3 Å². The molecule has 0 bridgehead atoms. The molecule has 2 aliphatic rings. The molecule has 1 N–H and O–H groups in total. The zero-order chi connectivity index (χ0) is 31.2. The smallest absolute Gasteiger partial charge is 0.435 e. The Morgan fingerprint density at radius 1 is 1.11 bits per heavy atom. The number of rotatable bonds is 5. The van der Waals surface area contributed by atoms with Gasteiger partial charge in [0.25, 0.3) is 11.8 Å². The first kappa shape index (κ1) is 29.6. The lowest BCUT2D eigenvalue weighted by Gasteiger charge is -2.38. The van der Waals surface area contributed by atoms with E-state index in [1.54, 1.807) is 34.9 Å². The first-order valence-corrected chi connectivity index (χ1v) is 14.1. The van der Waals surface area contributed by atoms with Crippen LogP contribution >= 0.6 is 0 Å². The maximum absolute atomic E-state index is 13.6. The second-order valence-electron chi connectivity index (χ2n) is 10.9. The Kier molecular flexibility index (Phi) is 7.75. The molecule has 2 atom stereocenters. The number of ether oxygens (including phenoxy) is 2. The second-order valence-corrected chi connectivity index (χ2v) is 10.9. The number of hydrogen-bond donors (Lipinski definition) is 1. The fourth-order valence-corrected chi connectivity index (χ4v) is 5.65. The van der Waals surface area contributed by atoms with Gasteiger partial charge in [-0.25, -0.2) is 9.97 Å². The molecule has 15 heteroatoms. The predicted molar refractivity (Wildman–Crippen MR) is 149 cm³/mol. The van der Waals surface area contributed by atoms with Gasteiger partial charge in [-0.2, -0.15) is 18.3 Å². The van der Waals surface area contributed by atoms with Crippen LogP contribution in [0, 0.1) is 12.8 Å². The van der Waals surface area contributed by atoms with Crippen LogP contribution in [0.2, 0.25) is 0 Å². The largest absolute Gasteiger partial charge is 0.436 e. The highest BCUT2D eigenvalue weighted by Gasteiger charge is 2.38. The van der Waals surface area contributed by atoms with E-state index in [0.29, 0.717) is 56.1 Å². The van der Waals surface area contributed by atoms with E-state index in [1.807, 2.05) is 0 Å². The molecule has 44 heavy (non-hydrogen) atoms. The highest BCUT2D eigenvalue weighted by Crippen LogP contribution is 2.37. The summed E-state index contributed by atoms with van der Waals surface area (Å²) >= 11 is 0. The summed E-state index contributed by atoms with van der Waals surface area (Å²) in [5, 5.41) is 13.7. The van der Waals surface area contributed by atoms with Crippen LogP contribution < -0.4 is 4.74 Å². The topological polar surface area (TPSA) is 127 Å². The maximum atomic E-state index is 13.6. The molecular weight excluding hydrogens is 583 g/mol. The number of nitrogens with zero attached hydrogens (tertiary/aromatic N) is 7. The second kappa shape index (κ2) is 11.5. The minimum Gasteiger partial charge on any atom is -0.436 e. The van der Waals surface area contributed by atoms with Crippen molar-refractivity contribution in [1.82, 2.24) is 33.9 Å². The minimum atomic E-state index is -4.65. The summed E-state index contributed by atoms with van der Waals surface area (Å²) in [5.74, 6) is -0.332. The van der Waals surface area contributed by atoms with Crippen molar-refractivity contribution in [3.8, 4) is 22.9 Å². The van der Waals surface area contributed by atoms with Crippen molar-refractivity contribution in [2.75, 3.05) is 39.4 Å². The number of aromatic nitrogens is 5. The fraction of sp³-hybridized carbons (Fsp3) is 0.414. The van der Waals surface area contributed by atoms with Gasteiger partial charge >= 0.3 is 6.18 Å². The van der Waals surface area contributed by atoms with Crippen LogP contribution in [-0.2, 0) is 22.8 Å². The van der Waals surface area contributed by atoms with E-state index < -0.39 is 23.9 Å². The molecule has 0 radical (unpaired) electrons. The third-order valence-electron chi connectivity index (χ3n) is 7.93. The number of alkyl halides is 3. The SMILES string of the molecule is Cc1cc(Oc2nccn3c(-c4cn(C)nc4C(F)(F)F)cnc23)ccc1C(=O)N1CCN(C(=O)[C@@H]2CCOC[C@H]2O)CC1. The zero-order valence-electron chi connectivity index (χ0n) is 24.0. The van der Waals surface area contributed by atoms with E-state index in [9.17, 15) is 27.9 Å². The number of aryl methyl sites for hydroxylation is 2. The number of benzene rings is 1. The van der Waals surface area contributed by atoms with E-state index in [4.69, 9.17) is 9.47 Å². The van der Waals surface area contributed by atoms with Gasteiger partial charge in [-0.3, -0.25) is 18.7 Å². The lowest BCUT2D eigenvalue weighted by molar-refractivity contribution is -0.147. The quantitative estimate of drug-likeness (QED) is 0.364. The molecule has 6 rings (SSSR count). The predicted octanol–water partition coefficient (Wildman–Crippen LogP) is 2.93. The zero-order valence-corrected chi connectivity index (χ0v) is 24.0. The molecule has 0 spiro atoms. The van der Waals surface area contributed by atoms with Gasteiger partial charge in [-0.05, 0) is 37.1 Å². The monoisotopic (exact) mass is 613 g/mol. The van der Waals surface area contributed by atoms with Gasteiger partial charge in [0.2, 0.25) is 11.6 Å². The van der Waals surface area contributed by atoms with E-state index in [1.165, 1.54) is 36.2 Å². The van der Waals surface area contributed by atoms with E-state index in [0.717, 1.165) is 4.68 Å². The summed E-state index contributed by atoms with van der Waals surface area (Å²) in [6, 6.07) is 4.94. The average molecular weight is 614 g/mol. The van der Waals surface area contributed by atoms with Gasteiger partial charge in [0.15, 0.2) is 5.69 Å². The molecule has 0 unspecified atom stereocenters. The highest BCUT2D eigenvalue weighted by atomic mass is 19.4. The van der Waals surface area contributed by atoms with Crippen molar-refractivity contribution in [3.05, 3.63) is 59.8 Å². The van der Waals surface area contributed by atoms with Crippen molar-refractivity contribution in [1.29, 1.82) is 0 Å². The molecule has 12 nitrogen and oxygen atoms in total. The van der Waals surface area contributed by atoms with Crippen LogP contribution in [0.3, 0.4) is 0 Å². The summed E-state index contributed by atoms with van der Waals surface area (Å²) in [7, 11) is 1.41. The highest BCUT2D eigenvalue weighted by molar-refractivity contribution is 5.96. The average Bonchev–Trinajstić information content (AvgIpc) is 3.61. The summed E-state index contributed by atoms with van der Waals surface area (Å²) < 4.78 is 54.6. The molecule has 4 aromatic rings. The standard InChI is InChI=1S/C29H30F3N7O5/c1-17-13-18(3-4-19(17)27(41)37-8-10-38(11-9-37)28(42)20-5-12-43-16-23(20)40)44-26-25-34-14-22(39(25)7-6-33-26)21-15-36(2)35-24(21)29(30,31)32/h3-4,6-7,13-15,20,23,40H,5,8-12,16H2,1-2H3/t20-,23-/m1/s1. The molecule has 2 fully saturated rings. The summed E-state index contributed by atoms with van der Waals surface area (Å²) in [6.07, 6.45) is 0.479. The molecule has 3 aromatic heterocycles. The van der Waals surface area contributed by atoms with Crippen molar-refractivity contribution in [2.24, 2.45) is 13.0 Å². The number of amides is 2. The number of halogens is 3. The van der Waals surface area contributed by atoms with Crippen LogP contribution in [0.1, 0.15) is 28.0 Å². The van der Waals surface area contributed by atoms with Gasteiger partial charge in [0.1, 0.15) is 5.75 Å². The van der Waals surface area contributed by atoms with Gasteiger partial charge < -0.3 is 24.4 Å². The first-order valence-electron chi connectivity index (χ1n) is 14.1. The lowest BCUT2D eigenvalue weighted by atomic mass is 9.95. The molecule has 1 aromatic carbocycles. The molecule has 0 aliphatic carbocycles. The molecule has 0 saturated carbocycles.